The van der Waals surface area contributed by atoms with Gasteiger partial charge in [0.05, 0.1) is 23.1 Å². The molecule has 0 spiro atoms. The Hall–Kier alpha value is -2.58. The molecule has 8 heteroatoms. The number of hydrogen-bond donors (Lipinski definition) is 1. The van der Waals surface area contributed by atoms with Crippen LogP contribution in [0.25, 0.3) is 10.2 Å². The summed E-state index contributed by atoms with van der Waals surface area (Å²) in [4.78, 5) is 20.0. The molecule has 0 aliphatic rings. The zero-order valence-corrected chi connectivity index (χ0v) is 19.0. The van der Waals surface area contributed by atoms with Gasteiger partial charge in [0.2, 0.25) is 0 Å². The number of aryl methyl sites for hydroxylation is 1. The van der Waals surface area contributed by atoms with Crippen molar-refractivity contribution in [2.75, 3.05) is 4.90 Å². The van der Waals surface area contributed by atoms with Gasteiger partial charge in [-0.1, -0.05) is 6.92 Å². The smallest absolute Gasteiger partial charge is 0.415 e. The molecule has 3 aromatic heterocycles. The first-order chi connectivity index (χ1) is 14.2. The van der Waals surface area contributed by atoms with Crippen molar-refractivity contribution in [1.29, 1.82) is 0 Å². The van der Waals surface area contributed by atoms with E-state index in [1.165, 1.54) is 4.88 Å². The molecule has 1 atom stereocenters. The molecule has 7 nitrogen and oxygen atoms in total. The normalized spacial score (nSPS) is 12.7. The summed E-state index contributed by atoms with van der Waals surface area (Å²) in [6, 6.07) is 3.86. The maximum Gasteiger partial charge on any atom is 0.415 e. The second kappa shape index (κ2) is 9.06. The van der Waals surface area contributed by atoms with Crippen LogP contribution in [-0.2, 0) is 17.7 Å². The van der Waals surface area contributed by atoms with Crippen molar-refractivity contribution in [1.82, 2.24) is 15.2 Å². The highest BCUT2D eigenvalue weighted by Gasteiger charge is 2.27. The average Bonchev–Trinajstić information content (AvgIpc) is 3.01. The Balaban J connectivity index is 2.07. The lowest BCUT2D eigenvalue weighted by molar-refractivity contribution is 0.0578. The van der Waals surface area contributed by atoms with Crippen LogP contribution in [0, 0.1) is 6.92 Å². The van der Waals surface area contributed by atoms with E-state index >= 15 is 0 Å². The molecular weight excluding hydrogens is 398 g/mol. The van der Waals surface area contributed by atoms with Crippen molar-refractivity contribution in [2.24, 2.45) is 5.73 Å². The molecule has 0 bridgehead atoms. The number of pyridine rings is 1. The highest BCUT2D eigenvalue weighted by atomic mass is 32.1. The van der Waals surface area contributed by atoms with Gasteiger partial charge >= 0.3 is 6.09 Å². The lowest BCUT2D eigenvalue weighted by Crippen LogP contribution is -2.36. The summed E-state index contributed by atoms with van der Waals surface area (Å²) in [6.45, 7) is 10.0. The third-order valence-corrected chi connectivity index (χ3v) is 6.08. The quantitative estimate of drug-likeness (QED) is 0.617. The Morgan fingerprint density at radius 2 is 2.00 bits per heavy atom. The molecular formula is C22H29N5O2S. The number of nitrogens with two attached hydrogens (primary N) is 1. The van der Waals surface area contributed by atoms with Crippen LogP contribution in [-0.4, -0.2) is 32.9 Å². The van der Waals surface area contributed by atoms with E-state index in [1.807, 2.05) is 39.8 Å². The molecule has 0 aliphatic heterocycles. The number of nitrogens with zero attached hydrogens (tertiary/aromatic N) is 4. The number of anilines is 1. The van der Waals surface area contributed by atoms with Gasteiger partial charge in [-0.25, -0.2) is 4.79 Å². The van der Waals surface area contributed by atoms with Gasteiger partial charge < -0.3 is 10.5 Å². The molecule has 0 fully saturated rings. The predicted molar refractivity (Wildman–Crippen MR) is 121 cm³/mol. The van der Waals surface area contributed by atoms with Crippen molar-refractivity contribution in [3.05, 3.63) is 46.7 Å². The fourth-order valence-electron chi connectivity index (χ4n) is 3.05. The van der Waals surface area contributed by atoms with Crippen LogP contribution in [0.5, 0.6) is 0 Å². The van der Waals surface area contributed by atoms with Gasteiger partial charge in [0.1, 0.15) is 11.1 Å². The molecule has 0 aromatic carbocycles. The van der Waals surface area contributed by atoms with Crippen LogP contribution >= 0.6 is 11.3 Å². The van der Waals surface area contributed by atoms with Gasteiger partial charge in [-0.2, -0.15) is 5.10 Å². The van der Waals surface area contributed by atoms with Crippen molar-refractivity contribution in [2.45, 2.75) is 65.6 Å². The highest BCUT2D eigenvalue weighted by molar-refractivity contribution is 7.19. The first-order valence-corrected chi connectivity index (χ1v) is 10.9. The lowest BCUT2D eigenvalue weighted by atomic mass is 10.1. The zero-order valence-electron chi connectivity index (χ0n) is 18.2. The standard InChI is InChI=1S/C22H29N5O2S/c1-6-16(23)11-18-14(2)19-20(30-18)17(12-25-26-19)27(21(28)29-22(3,4)5)13-15-7-9-24-10-8-15/h7-10,12,16H,6,11,13,23H2,1-5H3/t16-/m0/s1. The van der Waals surface area contributed by atoms with Gasteiger partial charge in [0, 0.05) is 23.3 Å². The predicted octanol–water partition coefficient (Wildman–Crippen LogP) is 4.62. The Labute approximate surface area is 181 Å². The summed E-state index contributed by atoms with van der Waals surface area (Å²) in [7, 11) is 0. The summed E-state index contributed by atoms with van der Waals surface area (Å²) in [5, 5.41) is 8.54. The maximum absolute atomic E-state index is 13.1. The van der Waals surface area contributed by atoms with Crippen molar-refractivity contribution >= 4 is 33.3 Å². The SMILES string of the molecule is CC[C@H](N)Cc1sc2c(N(Cc3ccncc3)C(=O)OC(C)(C)C)cnnc2c1C. The topological polar surface area (TPSA) is 94.2 Å². The molecule has 1 amide bonds. The number of aromatic nitrogens is 3. The molecule has 2 N–H and O–H groups in total. The van der Waals surface area contributed by atoms with Crippen molar-refractivity contribution < 1.29 is 9.53 Å². The monoisotopic (exact) mass is 427 g/mol. The summed E-state index contributed by atoms with van der Waals surface area (Å²) >= 11 is 1.62. The third-order valence-electron chi connectivity index (χ3n) is 4.75. The number of thiophene rings is 1. The van der Waals surface area contributed by atoms with Gasteiger partial charge in [0.15, 0.2) is 0 Å². The van der Waals surface area contributed by atoms with Gasteiger partial charge in [-0.15, -0.1) is 16.4 Å². The average molecular weight is 428 g/mol. The van der Waals surface area contributed by atoms with Crippen LogP contribution in [0.3, 0.4) is 0 Å². The van der Waals surface area contributed by atoms with Gasteiger partial charge in [-0.3, -0.25) is 9.88 Å². The summed E-state index contributed by atoms with van der Waals surface area (Å²) < 4.78 is 6.62. The van der Waals surface area contributed by atoms with E-state index in [4.69, 9.17) is 10.5 Å². The number of amides is 1. The van der Waals surface area contributed by atoms with E-state index in [9.17, 15) is 4.79 Å². The van der Waals surface area contributed by atoms with Crippen LogP contribution in [0.4, 0.5) is 10.5 Å². The molecule has 160 valence electrons. The van der Waals surface area contributed by atoms with Gasteiger partial charge in [0.25, 0.3) is 0 Å². The first kappa shape index (κ1) is 22.1. The number of rotatable bonds is 6. The third kappa shape index (κ3) is 5.12. The number of ether oxygens (including phenoxy) is 1. The van der Waals surface area contributed by atoms with Crippen molar-refractivity contribution in [3.8, 4) is 0 Å². The summed E-state index contributed by atoms with van der Waals surface area (Å²) in [5.41, 5.74) is 9.09. The van der Waals surface area contributed by atoms with E-state index in [0.717, 1.165) is 34.2 Å². The molecule has 0 aliphatic carbocycles. The minimum Gasteiger partial charge on any atom is -0.443 e. The zero-order chi connectivity index (χ0) is 21.9. The maximum atomic E-state index is 13.1. The molecule has 30 heavy (non-hydrogen) atoms. The van der Waals surface area contributed by atoms with Gasteiger partial charge in [-0.05, 0) is 63.8 Å². The van der Waals surface area contributed by atoms with Crippen LogP contribution < -0.4 is 10.6 Å². The molecule has 3 rings (SSSR count). The van der Waals surface area contributed by atoms with E-state index in [0.29, 0.717) is 12.2 Å². The van der Waals surface area contributed by atoms with E-state index in [1.54, 1.807) is 34.8 Å². The number of carbonyl (C=O) groups is 1. The first-order valence-electron chi connectivity index (χ1n) is 10.1. The van der Waals surface area contributed by atoms with E-state index in [-0.39, 0.29) is 6.04 Å². The number of fused-ring (bicyclic) bond motifs is 1. The van der Waals surface area contributed by atoms with E-state index < -0.39 is 11.7 Å². The molecule has 3 heterocycles. The summed E-state index contributed by atoms with van der Waals surface area (Å²) in [6.07, 6.45) is 6.31. The fourth-order valence-corrected chi connectivity index (χ4v) is 4.40. The molecule has 0 radical (unpaired) electrons. The number of carbonyl (C=O) groups excluding carboxylic acids is 1. The molecule has 0 saturated carbocycles. The largest absolute Gasteiger partial charge is 0.443 e. The molecule has 3 aromatic rings. The van der Waals surface area contributed by atoms with Crippen LogP contribution in [0.15, 0.2) is 30.7 Å². The van der Waals surface area contributed by atoms with E-state index in [2.05, 4.69) is 22.1 Å². The highest BCUT2D eigenvalue weighted by Crippen LogP contribution is 2.37. The Kier molecular flexibility index (Phi) is 6.67. The molecule has 0 saturated heterocycles. The minimum absolute atomic E-state index is 0.0898. The fraction of sp³-hybridized carbons (Fsp3) is 0.455. The second-order valence-corrected chi connectivity index (χ2v) is 9.46. The van der Waals surface area contributed by atoms with Crippen LogP contribution in [0.1, 0.15) is 50.1 Å². The lowest BCUT2D eigenvalue weighted by Gasteiger charge is -2.27. The van der Waals surface area contributed by atoms with Crippen molar-refractivity contribution in [3.63, 3.8) is 0 Å². The molecule has 0 unspecified atom stereocenters. The number of hydrogen-bond acceptors (Lipinski definition) is 7. The Bertz CT molecular complexity index is 1010. The van der Waals surface area contributed by atoms with Crippen LogP contribution in [0.2, 0.25) is 0 Å². The minimum atomic E-state index is -0.614. The summed E-state index contributed by atoms with van der Waals surface area (Å²) in [5.74, 6) is 0. The Morgan fingerprint density at radius 3 is 2.63 bits per heavy atom. The Morgan fingerprint density at radius 1 is 1.30 bits per heavy atom. The second-order valence-electron chi connectivity index (χ2n) is 8.35.